The standard InChI is InChI=1S/C12H23N3O3/c1-4-8(2)14-11(16)9(3)15-12(17)10-7-18-6-5-13-10/h8-10,13H,4-7H2,1-3H3,(H,14,16)(H,15,17). The van der Waals surface area contributed by atoms with Crippen molar-refractivity contribution in [1.82, 2.24) is 16.0 Å². The molecule has 104 valence electrons. The van der Waals surface area contributed by atoms with Crippen LogP contribution in [0.25, 0.3) is 0 Å². The monoisotopic (exact) mass is 257 g/mol. The summed E-state index contributed by atoms with van der Waals surface area (Å²) in [6.45, 7) is 7.24. The maximum atomic E-state index is 11.8. The maximum Gasteiger partial charge on any atom is 0.242 e. The van der Waals surface area contributed by atoms with E-state index in [0.717, 1.165) is 6.42 Å². The summed E-state index contributed by atoms with van der Waals surface area (Å²) in [5.74, 6) is -0.351. The van der Waals surface area contributed by atoms with Crippen molar-refractivity contribution in [1.29, 1.82) is 0 Å². The van der Waals surface area contributed by atoms with Gasteiger partial charge in [0.05, 0.1) is 13.2 Å². The van der Waals surface area contributed by atoms with E-state index in [0.29, 0.717) is 19.8 Å². The molecular formula is C12H23N3O3. The zero-order valence-electron chi connectivity index (χ0n) is 11.3. The molecule has 1 saturated heterocycles. The molecular weight excluding hydrogens is 234 g/mol. The molecule has 6 nitrogen and oxygen atoms in total. The van der Waals surface area contributed by atoms with Gasteiger partial charge in [0, 0.05) is 12.6 Å². The van der Waals surface area contributed by atoms with Gasteiger partial charge in [0.25, 0.3) is 0 Å². The lowest BCUT2D eigenvalue weighted by molar-refractivity contribution is -0.131. The Morgan fingerprint density at radius 3 is 2.67 bits per heavy atom. The molecule has 2 amide bonds. The van der Waals surface area contributed by atoms with Gasteiger partial charge in [-0.2, -0.15) is 0 Å². The zero-order valence-corrected chi connectivity index (χ0v) is 11.3. The van der Waals surface area contributed by atoms with Crippen LogP contribution in [-0.2, 0) is 14.3 Å². The molecule has 0 saturated carbocycles. The van der Waals surface area contributed by atoms with Gasteiger partial charge in [-0.1, -0.05) is 6.92 Å². The number of carbonyl (C=O) groups is 2. The summed E-state index contributed by atoms with van der Waals surface area (Å²) in [4.78, 5) is 23.6. The first-order valence-corrected chi connectivity index (χ1v) is 6.46. The van der Waals surface area contributed by atoms with E-state index in [1.165, 1.54) is 0 Å². The molecule has 18 heavy (non-hydrogen) atoms. The van der Waals surface area contributed by atoms with Gasteiger partial charge in [-0.15, -0.1) is 0 Å². The molecule has 3 atom stereocenters. The summed E-state index contributed by atoms with van der Waals surface area (Å²) >= 11 is 0. The van der Waals surface area contributed by atoms with E-state index >= 15 is 0 Å². The van der Waals surface area contributed by atoms with Gasteiger partial charge in [0.15, 0.2) is 0 Å². The number of hydrogen-bond donors (Lipinski definition) is 3. The lowest BCUT2D eigenvalue weighted by Crippen LogP contribution is -2.55. The van der Waals surface area contributed by atoms with Crippen molar-refractivity contribution in [2.45, 2.75) is 45.3 Å². The maximum absolute atomic E-state index is 11.8. The molecule has 0 aromatic heterocycles. The SMILES string of the molecule is CCC(C)NC(=O)C(C)NC(=O)C1COCCN1. The average molecular weight is 257 g/mol. The molecule has 1 rings (SSSR count). The highest BCUT2D eigenvalue weighted by molar-refractivity contribution is 5.89. The second-order valence-electron chi connectivity index (χ2n) is 4.63. The van der Waals surface area contributed by atoms with Crippen LogP contribution in [0.1, 0.15) is 27.2 Å². The Bertz CT molecular complexity index is 290. The van der Waals surface area contributed by atoms with Crippen molar-refractivity contribution in [3.05, 3.63) is 0 Å². The van der Waals surface area contributed by atoms with Crippen molar-refractivity contribution >= 4 is 11.8 Å². The van der Waals surface area contributed by atoms with Gasteiger partial charge in [-0.3, -0.25) is 9.59 Å². The number of nitrogens with one attached hydrogen (secondary N) is 3. The smallest absolute Gasteiger partial charge is 0.242 e. The van der Waals surface area contributed by atoms with Crippen LogP contribution in [0.15, 0.2) is 0 Å². The summed E-state index contributed by atoms with van der Waals surface area (Å²) in [5, 5.41) is 8.56. The number of carbonyl (C=O) groups excluding carboxylic acids is 2. The van der Waals surface area contributed by atoms with Crippen LogP contribution >= 0.6 is 0 Å². The molecule has 3 unspecified atom stereocenters. The summed E-state index contributed by atoms with van der Waals surface area (Å²) in [5.41, 5.74) is 0. The Kier molecular flexibility index (Phi) is 6.07. The van der Waals surface area contributed by atoms with E-state index < -0.39 is 6.04 Å². The van der Waals surface area contributed by atoms with Crippen molar-refractivity contribution in [2.24, 2.45) is 0 Å². The molecule has 3 N–H and O–H groups in total. The van der Waals surface area contributed by atoms with Crippen LogP contribution < -0.4 is 16.0 Å². The van der Waals surface area contributed by atoms with E-state index in [2.05, 4.69) is 16.0 Å². The fourth-order valence-electron chi connectivity index (χ4n) is 1.58. The van der Waals surface area contributed by atoms with Crippen LogP contribution in [0.5, 0.6) is 0 Å². The first-order valence-electron chi connectivity index (χ1n) is 6.46. The first-order chi connectivity index (χ1) is 8.54. The number of hydrogen-bond acceptors (Lipinski definition) is 4. The van der Waals surface area contributed by atoms with Gasteiger partial charge < -0.3 is 20.7 Å². The number of rotatable bonds is 5. The molecule has 1 aliphatic rings. The highest BCUT2D eigenvalue weighted by Crippen LogP contribution is 1.95. The summed E-state index contributed by atoms with van der Waals surface area (Å²) < 4.78 is 5.20. The molecule has 1 fully saturated rings. The molecule has 6 heteroatoms. The summed E-state index contributed by atoms with van der Waals surface area (Å²) in [7, 11) is 0. The van der Waals surface area contributed by atoms with Gasteiger partial charge in [0.1, 0.15) is 12.1 Å². The van der Waals surface area contributed by atoms with E-state index in [1.54, 1.807) is 6.92 Å². The second-order valence-corrected chi connectivity index (χ2v) is 4.63. The van der Waals surface area contributed by atoms with Crippen LogP contribution in [0.3, 0.4) is 0 Å². The second kappa shape index (κ2) is 7.33. The molecule has 0 aromatic rings. The Morgan fingerprint density at radius 2 is 2.11 bits per heavy atom. The molecule has 0 aliphatic carbocycles. The lowest BCUT2D eigenvalue weighted by Gasteiger charge is -2.25. The zero-order chi connectivity index (χ0) is 13.5. The number of ether oxygens (including phenoxy) is 1. The van der Waals surface area contributed by atoms with Crippen LogP contribution in [-0.4, -0.2) is 49.7 Å². The van der Waals surface area contributed by atoms with Crippen LogP contribution in [0, 0.1) is 0 Å². The quantitative estimate of drug-likeness (QED) is 0.614. The summed E-state index contributed by atoms with van der Waals surface area (Å²) in [6.07, 6.45) is 0.866. The topological polar surface area (TPSA) is 79.5 Å². The number of amides is 2. The van der Waals surface area contributed by atoms with E-state index in [-0.39, 0.29) is 23.9 Å². The predicted octanol–water partition coefficient (Wildman–Crippen LogP) is -0.606. The Labute approximate surface area is 108 Å². The van der Waals surface area contributed by atoms with Gasteiger partial charge in [-0.25, -0.2) is 0 Å². The van der Waals surface area contributed by atoms with E-state index in [9.17, 15) is 9.59 Å². The van der Waals surface area contributed by atoms with Crippen LogP contribution in [0.4, 0.5) is 0 Å². The van der Waals surface area contributed by atoms with Gasteiger partial charge in [0.2, 0.25) is 11.8 Å². The Hall–Kier alpha value is -1.14. The number of morpholine rings is 1. The fraction of sp³-hybridized carbons (Fsp3) is 0.833. The van der Waals surface area contributed by atoms with E-state index in [1.807, 2.05) is 13.8 Å². The molecule has 1 heterocycles. The van der Waals surface area contributed by atoms with E-state index in [4.69, 9.17) is 4.74 Å². The fourth-order valence-corrected chi connectivity index (χ4v) is 1.58. The van der Waals surface area contributed by atoms with Crippen molar-refractivity contribution in [3.8, 4) is 0 Å². The minimum absolute atomic E-state index is 0.119. The lowest BCUT2D eigenvalue weighted by atomic mass is 10.2. The normalized spacial score (nSPS) is 22.9. The third-order valence-corrected chi connectivity index (χ3v) is 2.99. The van der Waals surface area contributed by atoms with Crippen LogP contribution in [0.2, 0.25) is 0 Å². The minimum atomic E-state index is -0.532. The highest BCUT2D eigenvalue weighted by Gasteiger charge is 2.24. The minimum Gasteiger partial charge on any atom is -0.378 e. The molecule has 0 spiro atoms. The van der Waals surface area contributed by atoms with Crippen molar-refractivity contribution in [2.75, 3.05) is 19.8 Å². The van der Waals surface area contributed by atoms with Gasteiger partial charge in [-0.05, 0) is 20.3 Å². The van der Waals surface area contributed by atoms with Gasteiger partial charge >= 0.3 is 0 Å². The third-order valence-electron chi connectivity index (χ3n) is 2.99. The molecule has 1 aliphatic heterocycles. The third kappa shape index (κ3) is 4.62. The summed E-state index contributed by atoms with van der Waals surface area (Å²) in [6, 6.07) is -0.777. The Balaban J connectivity index is 2.35. The Morgan fingerprint density at radius 1 is 1.39 bits per heavy atom. The predicted molar refractivity (Wildman–Crippen MR) is 68.1 cm³/mol. The largest absolute Gasteiger partial charge is 0.378 e. The highest BCUT2D eigenvalue weighted by atomic mass is 16.5. The molecule has 0 bridgehead atoms. The first kappa shape index (κ1) is 14.9. The molecule has 0 radical (unpaired) electrons. The average Bonchev–Trinajstić information content (AvgIpc) is 2.39. The molecule has 0 aromatic carbocycles. The van der Waals surface area contributed by atoms with Crippen molar-refractivity contribution < 1.29 is 14.3 Å². The van der Waals surface area contributed by atoms with Crippen molar-refractivity contribution in [3.63, 3.8) is 0 Å².